The molecule has 2 fully saturated rings. The van der Waals surface area contributed by atoms with E-state index in [0.29, 0.717) is 28.7 Å². The zero-order valence-corrected chi connectivity index (χ0v) is 25.8. The number of esters is 1. The zero-order chi connectivity index (χ0) is 29.2. The molecule has 7 nitrogen and oxygen atoms in total. The number of Topliss-reactive ketones (excluding diaryl/α,β-unsaturated/α-hetero) is 1. The Balaban J connectivity index is 1.92. The molecule has 0 saturated carbocycles. The van der Waals surface area contributed by atoms with Gasteiger partial charge in [-0.25, -0.2) is 4.79 Å². The monoisotopic (exact) mass is 542 g/mol. The Labute approximate surface area is 236 Å². The van der Waals surface area contributed by atoms with Gasteiger partial charge in [0, 0.05) is 5.56 Å². The van der Waals surface area contributed by atoms with E-state index in [1.807, 2.05) is 55.4 Å². The molecule has 0 aromatic heterocycles. The van der Waals surface area contributed by atoms with E-state index in [-0.39, 0.29) is 5.78 Å². The van der Waals surface area contributed by atoms with Gasteiger partial charge < -0.3 is 23.4 Å². The molecule has 2 aliphatic rings. The molecule has 2 aliphatic heterocycles. The number of ketones is 1. The molecule has 0 spiro atoms. The van der Waals surface area contributed by atoms with Crippen LogP contribution in [0.1, 0.15) is 135 Å². The number of carbonyl (C=O) groups is 2. The van der Waals surface area contributed by atoms with Crippen molar-refractivity contribution in [3.8, 4) is 0 Å². The molecule has 0 unspecified atom stereocenters. The Hall–Kier alpha value is -1.67. The van der Waals surface area contributed by atoms with E-state index in [0.717, 1.165) is 19.3 Å². The Kier molecular flexibility index (Phi) is 9.85. The second kappa shape index (κ2) is 12.1. The van der Waals surface area contributed by atoms with Crippen molar-refractivity contribution >= 4 is 36.9 Å². The lowest BCUT2D eigenvalue weighted by atomic mass is 9.68. The smallest absolute Gasteiger partial charge is 0.462 e. The lowest BCUT2D eigenvalue weighted by molar-refractivity contribution is 0.00578. The molecule has 0 N–H and O–H groups in total. The Morgan fingerprint density at radius 3 is 1.49 bits per heavy atom. The third-order valence-electron chi connectivity index (χ3n) is 8.82. The summed E-state index contributed by atoms with van der Waals surface area (Å²) < 4.78 is 30.9. The van der Waals surface area contributed by atoms with Crippen LogP contribution in [-0.4, -0.2) is 55.0 Å². The van der Waals surface area contributed by atoms with Gasteiger partial charge in [0.15, 0.2) is 5.78 Å². The minimum atomic E-state index is -0.832. The van der Waals surface area contributed by atoms with Crippen molar-refractivity contribution < 1.29 is 32.9 Å². The number of rotatable bonds is 12. The molecular weight excluding hydrogens is 494 g/mol. The van der Waals surface area contributed by atoms with Gasteiger partial charge in [0.2, 0.25) is 0 Å². The Morgan fingerprint density at radius 2 is 1.05 bits per heavy atom. The first-order valence-corrected chi connectivity index (χ1v) is 14.6. The lowest BCUT2D eigenvalue weighted by Gasteiger charge is -2.32. The van der Waals surface area contributed by atoms with Crippen molar-refractivity contribution in [1.82, 2.24) is 0 Å². The van der Waals surface area contributed by atoms with Crippen molar-refractivity contribution in [2.75, 3.05) is 6.61 Å². The minimum Gasteiger partial charge on any atom is -0.462 e. The van der Waals surface area contributed by atoms with Gasteiger partial charge in [-0.3, -0.25) is 4.79 Å². The lowest BCUT2D eigenvalue weighted by Crippen LogP contribution is -2.44. The van der Waals surface area contributed by atoms with Crippen molar-refractivity contribution in [1.29, 1.82) is 0 Å². The van der Waals surface area contributed by atoms with Crippen LogP contribution < -0.4 is 10.9 Å². The van der Waals surface area contributed by atoms with Crippen molar-refractivity contribution in [3.05, 3.63) is 23.3 Å². The van der Waals surface area contributed by atoms with Crippen LogP contribution in [0.5, 0.6) is 0 Å². The van der Waals surface area contributed by atoms with E-state index in [2.05, 4.69) is 6.92 Å². The Bertz CT molecular complexity index is 1020. The minimum absolute atomic E-state index is 0.166. The maximum atomic E-state index is 13.5. The summed E-state index contributed by atoms with van der Waals surface area (Å²) in [6.07, 6.45) is 7.89. The fraction of sp³-hybridized carbons (Fsp3) is 0.733. The fourth-order valence-electron chi connectivity index (χ4n) is 4.75. The molecule has 2 saturated heterocycles. The molecule has 2 heterocycles. The first kappa shape index (κ1) is 31.9. The van der Waals surface area contributed by atoms with Gasteiger partial charge >= 0.3 is 20.2 Å². The van der Waals surface area contributed by atoms with Gasteiger partial charge in [0.25, 0.3) is 0 Å². The van der Waals surface area contributed by atoms with Gasteiger partial charge in [-0.2, -0.15) is 0 Å². The molecule has 3 rings (SSSR count). The van der Waals surface area contributed by atoms with Crippen LogP contribution in [0.25, 0.3) is 0 Å². The van der Waals surface area contributed by atoms with E-state index < -0.39 is 42.6 Å². The van der Waals surface area contributed by atoms with Gasteiger partial charge in [0.05, 0.1) is 34.6 Å². The highest BCUT2D eigenvalue weighted by molar-refractivity contribution is 6.66. The molecular formula is C30H48B2O7. The van der Waals surface area contributed by atoms with Crippen LogP contribution in [0, 0.1) is 0 Å². The van der Waals surface area contributed by atoms with Gasteiger partial charge in [-0.05, 0) is 85.7 Å². The number of ether oxygens (including phenoxy) is 1. The molecule has 9 heteroatoms. The first-order valence-electron chi connectivity index (χ1n) is 14.6. The predicted molar refractivity (Wildman–Crippen MR) is 156 cm³/mol. The summed E-state index contributed by atoms with van der Waals surface area (Å²) in [6, 6.07) is 3.36. The number of carbonyl (C=O) groups excluding carboxylic acids is 2. The molecule has 0 amide bonds. The molecule has 0 aliphatic carbocycles. The van der Waals surface area contributed by atoms with E-state index in [1.54, 1.807) is 12.1 Å². The van der Waals surface area contributed by atoms with Crippen molar-refractivity contribution in [3.63, 3.8) is 0 Å². The fourth-order valence-corrected chi connectivity index (χ4v) is 4.75. The van der Waals surface area contributed by atoms with Crippen LogP contribution in [0.4, 0.5) is 0 Å². The molecule has 0 atom stereocenters. The van der Waals surface area contributed by atoms with E-state index in [9.17, 15) is 9.59 Å². The third kappa shape index (κ3) is 6.98. The summed E-state index contributed by atoms with van der Waals surface area (Å²) in [4.78, 5) is 26.4. The topological polar surface area (TPSA) is 80.3 Å². The molecule has 0 radical (unpaired) electrons. The summed E-state index contributed by atoms with van der Waals surface area (Å²) in [5, 5.41) is 0. The van der Waals surface area contributed by atoms with Crippen molar-refractivity contribution in [2.45, 2.75) is 137 Å². The molecule has 1 aromatic carbocycles. The number of hydrogen-bond donors (Lipinski definition) is 0. The van der Waals surface area contributed by atoms with E-state index in [4.69, 9.17) is 23.4 Å². The predicted octanol–water partition coefficient (Wildman–Crippen LogP) is 5.40. The second-order valence-electron chi connectivity index (χ2n) is 13.0. The highest BCUT2D eigenvalue weighted by Crippen LogP contribution is 2.38. The SMILES string of the molecule is CCCCCCCCCOC(=O)c1cc(B2OC(C)(C)C(C)(C)O2)c(C(C)=O)cc1B1OC(C)(C)C(C)(C)O1. The van der Waals surface area contributed by atoms with Gasteiger partial charge in [0.1, 0.15) is 0 Å². The van der Waals surface area contributed by atoms with Crippen LogP contribution in [0.2, 0.25) is 0 Å². The Morgan fingerprint density at radius 1 is 0.667 bits per heavy atom. The quantitative estimate of drug-likeness (QED) is 0.152. The maximum Gasteiger partial charge on any atom is 0.495 e. The average molecular weight is 542 g/mol. The summed E-state index contributed by atoms with van der Waals surface area (Å²) in [6.45, 7) is 19.7. The first-order chi connectivity index (χ1) is 18.0. The van der Waals surface area contributed by atoms with Gasteiger partial charge in [-0.1, -0.05) is 51.5 Å². The summed E-state index contributed by atoms with van der Waals surface area (Å²) in [5.41, 5.74) is -0.752. The molecule has 0 bridgehead atoms. The molecule has 39 heavy (non-hydrogen) atoms. The highest BCUT2D eigenvalue weighted by atomic mass is 16.7. The van der Waals surface area contributed by atoms with E-state index >= 15 is 0 Å². The van der Waals surface area contributed by atoms with Crippen LogP contribution in [-0.2, 0) is 23.4 Å². The second-order valence-corrected chi connectivity index (χ2v) is 13.0. The summed E-state index contributed by atoms with van der Waals surface area (Å²) >= 11 is 0. The van der Waals surface area contributed by atoms with Crippen LogP contribution in [0.3, 0.4) is 0 Å². The third-order valence-corrected chi connectivity index (χ3v) is 8.82. The average Bonchev–Trinajstić information content (AvgIpc) is 3.18. The van der Waals surface area contributed by atoms with Crippen molar-refractivity contribution in [2.24, 2.45) is 0 Å². The molecule has 1 aromatic rings. The normalized spacial score (nSPS) is 20.9. The maximum absolute atomic E-state index is 13.5. The van der Waals surface area contributed by atoms with E-state index in [1.165, 1.54) is 32.6 Å². The molecule has 216 valence electrons. The number of benzene rings is 1. The van der Waals surface area contributed by atoms with Crippen LogP contribution >= 0.6 is 0 Å². The summed E-state index contributed by atoms with van der Waals surface area (Å²) in [5.74, 6) is -0.640. The largest absolute Gasteiger partial charge is 0.495 e. The zero-order valence-electron chi connectivity index (χ0n) is 25.8. The van der Waals surface area contributed by atoms with Gasteiger partial charge in [-0.15, -0.1) is 0 Å². The highest BCUT2D eigenvalue weighted by Gasteiger charge is 2.55. The number of unbranched alkanes of at least 4 members (excludes halogenated alkanes) is 6. The summed E-state index contributed by atoms with van der Waals surface area (Å²) in [7, 11) is -1.64. The van der Waals surface area contributed by atoms with Crippen LogP contribution in [0.15, 0.2) is 12.1 Å². The number of hydrogen-bond acceptors (Lipinski definition) is 7. The standard InChI is InChI=1S/C30H48B2O7/c1-11-12-13-14-15-16-17-18-35-26(34)23-20-24(31-36-27(3,4)28(5,6)37-31)22(21(2)33)19-25(23)32-38-29(7,8)30(9,10)39-32/h19-20H,11-18H2,1-10H3.